The maximum Gasteiger partial charge on any atom is 0.247 e. The number of amides is 1. The Balaban J connectivity index is 1.09. The highest BCUT2D eigenvalue weighted by molar-refractivity contribution is 6.30. The molecule has 3 aromatic rings. The highest BCUT2D eigenvalue weighted by atomic mass is 35.5. The van der Waals surface area contributed by atoms with Gasteiger partial charge in [-0.25, -0.2) is 19.4 Å². The van der Waals surface area contributed by atoms with E-state index in [0.29, 0.717) is 64.5 Å². The van der Waals surface area contributed by atoms with Crippen molar-refractivity contribution in [2.75, 3.05) is 67.0 Å². The largest absolute Gasteiger partial charge is 0.494 e. The average molecular weight is 691 g/mol. The zero-order valence-corrected chi connectivity index (χ0v) is 28.8. The number of halogens is 2. The lowest BCUT2D eigenvalue weighted by molar-refractivity contribution is -0.111. The van der Waals surface area contributed by atoms with E-state index in [-0.39, 0.29) is 11.9 Å². The van der Waals surface area contributed by atoms with Crippen molar-refractivity contribution < 1.29 is 18.8 Å². The first kappa shape index (κ1) is 33.5. The number of piperazine rings is 1. The monoisotopic (exact) mass is 690 g/mol. The summed E-state index contributed by atoms with van der Waals surface area (Å²) in [6.45, 7) is 11.7. The van der Waals surface area contributed by atoms with E-state index in [1.54, 1.807) is 24.3 Å². The van der Waals surface area contributed by atoms with Gasteiger partial charge in [0.25, 0.3) is 0 Å². The van der Waals surface area contributed by atoms with Crippen molar-refractivity contribution >= 4 is 46.2 Å². The summed E-state index contributed by atoms with van der Waals surface area (Å²) in [7, 11) is 1.62. The van der Waals surface area contributed by atoms with E-state index in [0.717, 1.165) is 50.7 Å². The molecule has 1 saturated carbocycles. The molecule has 13 heteroatoms. The Hall–Kier alpha value is -3.97. The van der Waals surface area contributed by atoms with Crippen molar-refractivity contribution in [3.8, 4) is 5.75 Å². The van der Waals surface area contributed by atoms with Crippen LogP contribution in [-0.4, -0.2) is 90.2 Å². The van der Waals surface area contributed by atoms with Gasteiger partial charge in [-0.05, 0) is 68.5 Å². The molecule has 0 bridgehead atoms. The van der Waals surface area contributed by atoms with Crippen molar-refractivity contribution in [1.82, 2.24) is 19.8 Å². The van der Waals surface area contributed by atoms with Crippen molar-refractivity contribution in [3.05, 3.63) is 71.8 Å². The van der Waals surface area contributed by atoms with E-state index in [9.17, 15) is 9.18 Å². The average Bonchev–Trinajstić information content (AvgIpc) is 3.84. The number of rotatable bonds is 10. The molecule has 0 unspecified atom stereocenters. The summed E-state index contributed by atoms with van der Waals surface area (Å²) < 4.78 is 20.1. The fourth-order valence-electron chi connectivity index (χ4n) is 7.57. The van der Waals surface area contributed by atoms with Crippen LogP contribution in [0, 0.1) is 5.82 Å². The molecule has 4 fully saturated rings. The lowest BCUT2D eigenvalue weighted by atomic mass is 9.99. The summed E-state index contributed by atoms with van der Waals surface area (Å²) in [6, 6.07) is 11.7. The quantitative estimate of drug-likeness (QED) is 0.241. The third-order valence-electron chi connectivity index (χ3n) is 10.1. The van der Waals surface area contributed by atoms with Crippen molar-refractivity contribution in [3.63, 3.8) is 0 Å². The Morgan fingerprint density at radius 1 is 1.02 bits per heavy atom. The molecule has 2 atom stereocenters. The molecule has 1 aromatic heterocycles. The Morgan fingerprint density at radius 2 is 1.84 bits per heavy atom. The fraction of sp³-hybridized carbons (Fsp3) is 0.472. The third-order valence-corrected chi connectivity index (χ3v) is 10.3. The summed E-state index contributed by atoms with van der Waals surface area (Å²) in [6.07, 6.45) is 8.16. The van der Waals surface area contributed by atoms with Gasteiger partial charge in [-0.2, -0.15) is 0 Å². The van der Waals surface area contributed by atoms with Crippen LogP contribution in [0.5, 0.6) is 5.75 Å². The number of hydrogen-bond donors (Lipinski definition) is 2. The Morgan fingerprint density at radius 3 is 2.55 bits per heavy atom. The van der Waals surface area contributed by atoms with Gasteiger partial charge in [-0.15, -0.1) is 0 Å². The molecule has 4 heterocycles. The number of hydrogen-bond acceptors (Lipinski definition) is 10. The number of methoxy groups -OCH3 is 1. The molecule has 2 N–H and O–H groups in total. The van der Waals surface area contributed by atoms with Gasteiger partial charge in [0.05, 0.1) is 36.8 Å². The van der Waals surface area contributed by atoms with Gasteiger partial charge < -0.3 is 20.3 Å². The minimum absolute atomic E-state index is 0.273. The molecule has 7 rings (SSSR count). The number of anilines is 5. The number of hydroxylamine groups is 1. The Kier molecular flexibility index (Phi) is 9.91. The van der Waals surface area contributed by atoms with E-state index in [1.165, 1.54) is 43.9 Å². The maximum absolute atomic E-state index is 14.2. The molecule has 2 aromatic carbocycles. The molecule has 3 saturated heterocycles. The molecule has 3 aliphatic heterocycles. The van der Waals surface area contributed by atoms with E-state index in [2.05, 4.69) is 48.8 Å². The van der Waals surface area contributed by atoms with Gasteiger partial charge in [0.2, 0.25) is 5.91 Å². The van der Waals surface area contributed by atoms with E-state index < -0.39 is 5.82 Å². The standard InChI is InChI=1S/C36H44ClFN8O3/c1-4-36(47)42-29-18-30(41-34-20-35(40-22-39-34)46-31(9-14-49-46)24-15-25(37)17-26(38)16-24)33(48-3)19-32(29)43-10-7-28(8-11-43)45-13-12-44(21-23(45)2)27-5-6-27/h4,15-20,22-23,27-28,31H,1,5-14,21H2,2-3H3,(H,42,47)(H,39,40,41)/t23-,31-/m1/s1. The molecule has 0 radical (unpaired) electrons. The first-order chi connectivity index (χ1) is 23.8. The number of ether oxygens (including phenoxy) is 1. The van der Waals surface area contributed by atoms with Crippen LogP contribution in [0.1, 0.15) is 50.6 Å². The van der Waals surface area contributed by atoms with Gasteiger partial charge in [0.1, 0.15) is 23.7 Å². The number of aromatic nitrogens is 2. The second kappa shape index (κ2) is 14.5. The lowest BCUT2D eigenvalue weighted by Crippen LogP contribution is -2.57. The molecular formula is C36H44ClFN8O3. The van der Waals surface area contributed by atoms with Gasteiger partial charge in [-0.3, -0.25) is 19.4 Å². The highest BCUT2D eigenvalue weighted by Gasteiger charge is 2.37. The van der Waals surface area contributed by atoms with E-state index >= 15 is 0 Å². The molecule has 260 valence electrons. The Bertz CT molecular complexity index is 1660. The van der Waals surface area contributed by atoms with Gasteiger partial charge in [-0.1, -0.05) is 18.2 Å². The summed E-state index contributed by atoms with van der Waals surface area (Å²) >= 11 is 6.15. The molecule has 49 heavy (non-hydrogen) atoms. The number of carbonyl (C=O) groups excluding carboxylic acids is 1. The summed E-state index contributed by atoms with van der Waals surface area (Å²) in [4.78, 5) is 35.1. The molecule has 1 amide bonds. The summed E-state index contributed by atoms with van der Waals surface area (Å²) in [5.41, 5.74) is 2.86. The SMILES string of the molecule is C=CC(=O)Nc1cc(Nc2cc(N3OCC[C@@H]3c3cc(F)cc(Cl)c3)ncn2)c(OC)cc1N1CCC(N2CCN(C3CC3)C[C@H]2C)CC1. The molecule has 11 nitrogen and oxygen atoms in total. The second-order valence-electron chi connectivity index (χ2n) is 13.3. The zero-order valence-electron chi connectivity index (χ0n) is 28.1. The Labute approximate surface area is 292 Å². The van der Waals surface area contributed by atoms with Gasteiger partial charge in [0.15, 0.2) is 5.82 Å². The number of piperidine rings is 1. The van der Waals surface area contributed by atoms with Crippen LogP contribution < -0.4 is 25.3 Å². The highest BCUT2D eigenvalue weighted by Crippen LogP contribution is 2.41. The predicted octanol–water partition coefficient (Wildman–Crippen LogP) is 6.17. The lowest BCUT2D eigenvalue weighted by Gasteiger charge is -2.47. The summed E-state index contributed by atoms with van der Waals surface area (Å²) in [5.74, 6) is 0.884. The van der Waals surface area contributed by atoms with Crippen LogP contribution in [0.15, 0.2) is 55.4 Å². The van der Waals surface area contributed by atoms with Crippen LogP contribution in [0.25, 0.3) is 0 Å². The molecule has 4 aliphatic rings. The normalized spacial score (nSPS) is 22.3. The van der Waals surface area contributed by atoms with Crippen molar-refractivity contribution in [2.24, 2.45) is 0 Å². The molecule has 0 spiro atoms. The number of nitrogens with zero attached hydrogens (tertiary/aromatic N) is 6. The fourth-order valence-corrected chi connectivity index (χ4v) is 7.80. The van der Waals surface area contributed by atoms with Crippen LogP contribution in [0.3, 0.4) is 0 Å². The minimum Gasteiger partial charge on any atom is -0.494 e. The van der Waals surface area contributed by atoms with Crippen LogP contribution in [0.2, 0.25) is 5.02 Å². The first-order valence-corrected chi connectivity index (χ1v) is 17.5. The van der Waals surface area contributed by atoms with Crippen LogP contribution in [-0.2, 0) is 9.63 Å². The number of benzene rings is 2. The smallest absolute Gasteiger partial charge is 0.247 e. The second-order valence-corrected chi connectivity index (χ2v) is 13.8. The minimum atomic E-state index is -0.407. The van der Waals surface area contributed by atoms with Crippen LogP contribution >= 0.6 is 11.6 Å². The molecular weight excluding hydrogens is 647 g/mol. The van der Waals surface area contributed by atoms with Gasteiger partial charge in [0, 0.05) is 74.4 Å². The van der Waals surface area contributed by atoms with Crippen molar-refractivity contribution in [1.29, 1.82) is 0 Å². The summed E-state index contributed by atoms with van der Waals surface area (Å²) in [5, 5.41) is 8.34. The van der Waals surface area contributed by atoms with Crippen LogP contribution in [0.4, 0.5) is 33.1 Å². The first-order valence-electron chi connectivity index (χ1n) is 17.2. The predicted molar refractivity (Wildman–Crippen MR) is 190 cm³/mol. The third kappa shape index (κ3) is 7.47. The topological polar surface area (TPSA) is 98.3 Å². The van der Waals surface area contributed by atoms with Gasteiger partial charge >= 0.3 is 0 Å². The van der Waals surface area contributed by atoms with Crippen molar-refractivity contribution in [2.45, 2.75) is 63.2 Å². The number of nitrogens with one attached hydrogen (secondary N) is 2. The van der Waals surface area contributed by atoms with E-state index in [4.69, 9.17) is 21.2 Å². The number of carbonyl (C=O) groups is 1. The van der Waals surface area contributed by atoms with E-state index in [1.807, 2.05) is 12.1 Å². The molecule has 1 aliphatic carbocycles. The zero-order chi connectivity index (χ0) is 34.1. The maximum atomic E-state index is 14.2.